The van der Waals surface area contributed by atoms with Crippen molar-refractivity contribution in [2.45, 2.75) is 19.4 Å². The van der Waals surface area contributed by atoms with Gasteiger partial charge in [0, 0.05) is 5.02 Å². The molecule has 20 heavy (non-hydrogen) atoms. The van der Waals surface area contributed by atoms with Gasteiger partial charge in [0.25, 0.3) is 0 Å². The largest absolute Gasteiger partial charge is 0.306 e. The lowest BCUT2D eigenvalue weighted by molar-refractivity contribution is 0.577. The van der Waals surface area contributed by atoms with Crippen molar-refractivity contribution < 1.29 is 8.78 Å². The standard InChI is InChI=1S/C16H16ClF2N/c1-2-8-20-16(11-4-3-5-12(18)9-11)14-10-13(19)6-7-15(14)17/h3-7,9-10,16,20H,2,8H2,1H3. The van der Waals surface area contributed by atoms with Gasteiger partial charge in [-0.05, 0) is 54.4 Å². The summed E-state index contributed by atoms with van der Waals surface area (Å²) in [6.07, 6.45) is 0.915. The minimum atomic E-state index is -0.357. The van der Waals surface area contributed by atoms with Crippen molar-refractivity contribution in [2.75, 3.05) is 6.54 Å². The Morgan fingerprint density at radius 1 is 1.10 bits per heavy atom. The lowest BCUT2D eigenvalue weighted by Gasteiger charge is -2.21. The predicted octanol–water partition coefficient (Wildman–Crippen LogP) is 4.71. The van der Waals surface area contributed by atoms with Gasteiger partial charge in [0.1, 0.15) is 11.6 Å². The zero-order valence-electron chi connectivity index (χ0n) is 11.2. The zero-order valence-corrected chi connectivity index (χ0v) is 11.9. The van der Waals surface area contributed by atoms with Gasteiger partial charge in [-0.2, -0.15) is 0 Å². The molecule has 0 saturated heterocycles. The summed E-state index contributed by atoms with van der Waals surface area (Å²) < 4.78 is 26.9. The molecule has 0 saturated carbocycles. The zero-order chi connectivity index (χ0) is 14.5. The molecule has 0 aliphatic rings. The molecule has 0 bridgehead atoms. The Morgan fingerprint density at radius 2 is 1.85 bits per heavy atom. The SMILES string of the molecule is CCCNC(c1cccc(F)c1)c1cc(F)ccc1Cl. The molecular formula is C16H16ClF2N. The van der Waals surface area contributed by atoms with E-state index in [9.17, 15) is 8.78 Å². The normalized spacial score (nSPS) is 12.4. The minimum absolute atomic E-state index is 0.321. The Bertz CT molecular complexity index is 586. The van der Waals surface area contributed by atoms with Gasteiger partial charge >= 0.3 is 0 Å². The third-order valence-corrected chi connectivity index (χ3v) is 3.39. The van der Waals surface area contributed by atoms with Crippen LogP contribution in [0.4, 0.5) is 8.78 Å². The van der Waals surface area contributed by atoms with Gasteiger partial charge in [-0.15, -0.1) is 0 Å². The molecule has 0 heterocycles. The summed E-state index contributed by atoms with van der Waals surface area (Å²) in [5.41, 5.74) is 1.34. The third-order valence-electron chi connectivity index (χ3n) is 3.05. The van der Waals surface area contributed by atoms with Crippen LogP contribution in [0.15, 0.2) is 42.5 Å². The molecule has 0 fully saturated rings. The highest BCUT2D eigenvalue weighted by atomic mass is 35.5. The monoisotopic (exact) mass is 295 g/mol. The molecule has 1 atom stereocenters. The second-order valence-electron chi connectivity index (χ2n) is 4.61. The van der Waals surface area contributed by atoms with Crippen LogP contribution in [0.3, 0.4) is 0 Å². The predicted molar refractivity (Wildman–Crippen MR) is 77.9 cm³/mol. The quantitative estimate of drug-likeness (QED) is 0.842. The van der Waals surface area contributed by atoms with Crippen LogP contribution in [0, 0.1) is 11.6 Å². The van der Waals surface area contributed by atoms with Crippen LogP contribution in [0.1, 0.15) is 30.5 Å². The van der Waals surface area contributed by atoms with Crippen LogP contribution >= 0.6 is 11.6 Å². The van der Waals surface area contributed by atoms with Gasteiger partial charge in [-0.1, -0.05) is 30.7 Å². The van der Waals surface area contributed by atoms with E-state index in [0.29, 0.717) is 10.6 Å². The average molecular weight is 296 g/mol. The van der Waals surface area contributed by atoms with Crippen molar-refractivity contribution in [1.29, 1.82) is 0 Å². The first-order valence-corrected chi connectivity index (χ1v) is 6.93. The highest BCUT2D eigenvalue weighted by molar-refractivity contribution is 6.31. The van der Waals surface area contributed by atoms with Gasteiger partial charge in [-0.3, -0.25) is 0 Å². The van der Waals surface area contributed by atoms with E-state index in [4.69, 9.17) is 11.6 Å². The second-order valence-corrected chi connectivity index (χ2v) is 5.02. The van der Waals surface area contributed by atoms with Crippen molar-refractivity contribution in [1.82, 2.24) is 5.32 Å². The fourth-order valence-electron chi connectivity index (χ4n) is 2.12. The molecule has 1 unspecified atom stereocenters. The molecule has 0 aromatic heterocycles. The number of hydrogen-bond acceptors (Lipinski definition) is 1. The maximum Gasteiger partial charge on any atom is 0.123 e. The van der Waals surface area contributed by atoms with E-state index in [1.165, 1.54) is 30.3 Å². The second kappa shape index (κ2) is 6.82. The number of hydrogen-bond donors (Lipinski definition) is 1. The van der Waals surface area contributed by atoms with E-state index in [1.807, 2.05) is 6.92 Å². The van der Waals surface area contributed by atoms with Crippen LogP contribution in [0.2, 0.25) is 5.02 Å². The van der Waals surface area contributed by atoms with E-state index in [2.05, 4.69) is 5.32 Å². The highest BCUT2D eigenvalue weighted by Crippen LogP contribution is 2.29. The van der Waals surface area contributed by atoms with Gasteiger partial charge in [0.05, 0.1) is 6.04 Å². The number of halogens is 3. The van der Waals surface area contributed by atoms with Crippen molar-refractivity contribution in [3.63, 3.8) is 0 Å². The highest BCUT2D eigenvalue weighted by Gasteiger charge is 2.17. The molecule has 4 heteroatoms. The van der Waals surface area contributed by atoms with Gasteiger partial charge < -0.3 is 5.32 Å². The van der Waals surface area contributed by atoms with Crippen molar-refractivity contribution in [3.05, 3.63) is 70.2 Å². The van der Waals surface area contributed by atoms with Gasteiger partial charge in [0.15, 0.2) is 0 Å². The van der Waals surface area contributed by atoms with E-state index in [0.717, 1.165) is 18.5 Å². The smallest absolute Gasteiger partial charge is 0.123 e. The Morgan fingerprint density at radius 3 is 2.55 bits per heavy atom. The molecule has 0 radical (unpaired) electrons. The topological polar surface area (TPSA) is 12.0 Å². The van der Waals surface area contributed by atoms with Crippen LogP contribution in [-0.4, -0.2) is 6.54 Å². The Labute approximate surface area is 122 Å². The molecular weight excluding hydrogens is 280 g/mol. The summed E-state index contributed by atoms with van der Waals surface area (Å²) in [4.78, 5) is 0. The first-order valence-electron chi connectivity index (χ1n) is 6.55. The maximum absolute atomic E-state index is 13.5. The summed E-state index contributed by atoms with van der Waals surface area (Å²) in [5.74, 6) is -0.678. The minimum Gasteiger partial charge on any atom is -0.306 e. The molecule has 1 nitrogen and oxygen atoms in total. The molecule has 2 aromatic rings. The fourth-order valence-corrected chi connectivity index (χ4v) is 2.34. The Balaban J connectivity index is 2.44. The number of rotatable bonds is 5. The summed E-state index contributed by atoms with van der Waals surface area (Å²) in [7, 11) is 0. The first kappa shape index (κ1) is 14.9. The Kier molecular flexibility index (Phi) is 5.10. The van der Waals surface area contributed by atoms with E-state index in [1.54, 1.807) is 12.1 Å². The maximum atomic E-state index is 13.5. The summed E-state index contributed by atoms with van der Waals surface area (Å²) in [5, 5.41) is 3.74. The fraction of sp³-hybridized carbons (Fsp3) is 0.250. The van der Waals surface area contributed by atoms with E-state index < -0.39 is 0 Å². The van der Waals surface area contributed by atoms with Crippen LogP contribution in [0.25, 0.3) is 0 Å². The third kappa shape index (κ3) is 3.56. The number of nitrogens with one attached hydrogen (secondary N) is 1. The van der Waals surface area contributed by atoms with Crippen LogP contribution in [0.5, 0.6) is 0 Å². The van der Waals surface area contributed by atoms with Crippen LogP contribution in [-0.2, 0) is 0 Å². The molecule has 0 aliphatic heterocycles. The molecule has 0 aliphatic carbocycles. The lowest BCUT2D eigenvalue weighted by Crippen LogP contribution is -2.23. The van der Waals surface area contributed by atoms with Gasteiger partial charge in [-0.25, -0.2) is 8.78 Å². The summed E-state index contributed by atoms with van der Waals surface area (Å²) in [6.45, 7) is 2.76. The van der Waals surface area contributed by atoms with Crippen molar-refractivity contribution in [2.24, 2.45) is 0 Å². The summed E-state index contributed by atoms with van der Waals surface area (Å²) in [6, 6.07) is 10.2. The molecule has 0 amide bonds. The molecule has 0 spiro atoms. The molecule has 2 rings (SSSR count). The van der Waals surface area contributed by atoms with Crippen molar-refractivity contribution in [3.8, 4) is 0 Å². The molecule has 2 aromatic carbocycles. The molecule has 1 N–H and O–H groups in total. The number of benzene rings is 2. The Hall–Kier alpha value is -1.45. The van der Waals surface area contributed by atoms with E-state index in [-0.39, 0.29) is 17.7 Å². The van der Waals surface area contributed by atoms with Crippen LogP contribution < -0.4 is 5.32 Å². The van der Waals surface area contributed by atoms with Gasteiger partial charge in [0.2, 0.25) is 0 Å². The van der Waals surface area contributed by atoms with Crippen molar-refractivity contribution >= 4 is 11.6 Å². The summed E-state index contributed by atoms with van der Waals surface area (Å²) >= 11 is 6.16. The first-order chi connectivity index (χ1) is 9.61. The van der Waals surface area contributed by atoms with E-state index >= 15 is 0 Å². The molecule has 106 valence electrons. The lowest BCUT2D eigenvalue weighted by atomic mass is 9.98. The average Bonchev–Trinajstić information content (AvgIpc) is 2.43.